The molecule has 4 heterocycles. The summed E-state index contributed by atoms with van der Waals surface area (Å²) in [6.07, 6.45) is 0. The van der Waals surface area contributed by atoms with Gasteiger partial charge in [0.25, 0.3) is 6.71 Å². The molecule has 3 aliphatic rings. The van der Waals surface area contributed by atoms with E-state index >= 15 is 0 Å². The number of hydrogen-bond acceptors (Lipinski definition) is 3. The molecule has 0 unspecified atom stereocenters. The summed E-state index contributed by atoms with van der Waals surface area (Å²) in [6, 6.07) is 82.0. The topological polar surface area (TPSA) is 25.6 Å². The maximum absolute atomic E-state index is 7.38. The van der Waals surface area contributed by atoms with E-state index in [9.17, 15) is 0 Å². The highest BCUT2D eigenvalue weighted by Crippen LogP contribution is 2.49. The van der Waals surface area contributed by atoms with Crippen molar-refractivity contribution in [3.05, 3.63) is 230 Å². The van der Waals surface area contributed by atoms with Gasteiger partial charge in [-0.15, -0.1) is 0 Å². The molecule has 10 aromatic carbocycles. The molecule has 1 aromatic heterocycles. The van der Waals surface area contributed by atoms with Gasteiger partial charge in [-0.1, -0.05) is 217 Å². The van der Waals surface area contributed by atoms with Crippen molar-refractivity contribution in [3.63, 3.8) is 0 Å². The molecule has 0 bridgehead atoms. The lowest BCUT2D eigenvalue weighted by Crippen LogP contribution is -2.73. The number of benzene rings is 10. The van der Waals surface area contributed by atoms with E-state index in [4.69, 9.17) is 9.15 Å². The molecule has 0 spiro atoms. The molecule has 0 atom stereocenters. The van der Waals surface area contributed by atoms with Crippen molar-refractivity contribution in [2.45, 2.75) is 52.4 Å². The Hall–Kier alpha value is -8.12. The standard InChI is InChI=1S/C68H54BNO2Si/c1-67(2,3)45-33-35-57(53(39-45)43-21-10-7-11-22-43)70-58-41-54-51-28-17-19-32-63(51)73(47-23-12-8-13-24-47,48-25-14-9-15-26-48)64(54)42-55(58)69-56-40-46(68(4,5)6)34-36-61(56)71-62-38-44(37-59(70)65(62)69)49-29-20-30-52-50-27-16-18-31-60(50)72-66(49)52/h7-42H,1-6H3. The van der Waals surface area contributed by atoms with Crippen molar-refractivity contribution in [2.24, 2.45) is 0 Å². The molecular formula is C68H54BNO2Si. The maximum Gasteiger partial charge on any atom is 0.256 e. The normalized spacial score (nSPS) is 14.1. The second-order valence-electron chi connectivity index (χ2n) is 22.4. The van der Waals surface area contributed by atoms with Gasteiger partial charge in [-0.3, -0.25) is 0 Å². The SMILES string of the molecule is CC(C)(C)c1ccc2c(c1)B1c3cc4c(cc3N(c3ccc(C(C)(C)C)cc3-c3ccccc3)c3cc(-c5cccc6c5oc5ccccc56)cc(c31)O2)-c1ccccc1[Si]4(c1ccccc1)c1ccccc1. The van der Waals surface area contributed by atoms with Gasteiger partial charge in [-0.2, -0.15) is 0 Å². The maximum atomic E-state index is 7.38. The number of furan rings is 1. The first-order valence-electron chi connectivity index (χ1n) is 25.8. The average molecular weight is 956 g/mol. The van der Waals surface area contributed by atoms with Crippen LogP contribution in [0.5, 0.6) is 11.5 Å². The second-order valence-corrected chi connectivity index (χ2v) is 26.1. The summed E-state index contributed by atoms with van der Waals surface area (Å²) < 4.78 is 14.2. The summed E-state index contributed by atoms with van der Waals surface area (Å²) in [4.78, 5) is 2.60. The molecule has 0 fully saturated rings. The Morgan fingerprint density at radius 2 is 1.04 bits per heavy atom. The van der Waals surface area contributed by atoms with Crippen molar-refractivity contribution in [1.29, 1.82) is 0 Å². The summed E-state index contributed by atoms with van der Waals surface area (Å²) in [5.74, 6) is 1.76. The van der Waals surface area contributed by atoms with Crippen LogP contribution in [0.1, 0.15) is 52.7 Å². The Balaban J connectivity index is 1.14. The van der Waals surface area contributed by atoms with Crippen LogP contribution >= 0.6 is 0 Å². The van der Waals surface area contributed by atoms with Gasteiger partial charge in [0.15, 0.2) is 8.07 Å². The summed E-state index contributed by atoms with van der Waals surface area (Å²) in [5, 5.41) is 7.84. The van der Waals surface area contributed by atoms with E-state index in [0.717, 1.165) is 55.9 Å². The first-order valence-corrected chi connectivity index (χ1v) is 27.8. The van der Waals surface area contributed by atoms with Crippen molar-refractivity contribution in [1.82, 2.24) is 0 Å². The lowest BCUT2D eigenvalue weighted by Gasteiger charge is -2.42. The predicted molar refractivity (Wildman–Crippen MR) is 310 cm³/mol. The molecule has 0 amide bonds. The summed E-state index contributed by atoms with van der Waals surface area (Å²) >= 11 is 0. The van der Waals surface area contributed by atoms with Crippen molar-refractivity contribution in [2.75, 3.05) is 4.90 Å². The first kappa shape index (κ1) is 43.7. The van der Waals surface area contributed by atoms with E-state index in [1.54, 1.807) is 0 Å². The Morgan fingerprint density at radius 3 is 1.78 bits per heavy atom. The highest BCUT2D eigenvalue weighted by Gasteiger charge is 2.51. The summed E-state index contributed by atoms with van der Waals surface area (Å²) in [6.45, 7) is 13.7. The zero-order chi connectivity index (χ0) is 49.4. The van der Waals surface area contributed by atoms with Crippen LogP contribution in [0.25, 0.3) is 55.3 Å². The number of anilines is 3. The Bertz CT molecular complexity index is 3990. The molecule has 350 valence electrons. The van der Waals surface area contributed by atoms with E-state index in [0.29, 0.717) is 0 Å². The van der Waals surface area contributed by atoms with Gasteiger partial charge < -0.3 is 14.1 Å². The van der Waals surface area contributed by atoms with Crippen LogP contribution in [0.2, 0.25) is 0 Å². The number of ether oxygens (including phenoxy) is 1. The predicted octanol–water partition coefficient (Wildman–Crippen LogP) is 13.3. The van der Waals surface area contributed by atoms with Gasteiger partial charge in [-0.25, -0.2) is 0 Å². The number of fused-ring (bicyclic) bond motifs is 10. The quantitative estimate of drug-likeness (QED) is 0.161. The minimum Gasteiger partial charge on any atom is -0.458 e. The molecular weight excluding hydrogens is 902 g/mol. The van der Waals surface area contributed by atoms with Crippen LogP contribution in [-0.2, 0) is 10.8 Å². The number of nitrogens with zero attached hydrogens (tertiary/aromatic N) is 1. The van der Waals surface area contributed by atoms with Crippen LogP contribution in [0, 0.1) is 0 Å². The fourth-order valence-corrected chi connectivity index (χ4v) is 17.8. The van der Waals surface area contributed by atoms with E-state index in [2.05, 4.69) is 265 Å². The van der Waals surface area contributed by atoms with Crippen molar-refractivity contribution < 1.29 is 9.15 Å². The van der Waals surface area contributed by atoms with Crippen molar-refractivity contribution >= 4 is 90.9 Å². The van der Waals surface area contributed by atoms with Crippen molar-refractivity contribution in [3.8, 4) is 44.9 Å². The molecule has 0 saturated carbocycles. The van der Waals surface area contributed by atoms with Gasteiger partial charge in [0.1, 0.15) is 22.7 Å². The number of hydrogen-bond donors (Lipinski definition) is 0. The molecule has 14 rings (SSSR count). The molecule has 0 aliphatic carbocycles. The second kappa shape index (κ2) is 15.9. The minimum absolute atomic E-state index is 0.0764. The summed E-state index contributed by atoms with van der Waals surface area (Å²) in [7, 11) is -2.89. The van der Waals surface area contributed by atoms with Crippen LogP contribution in [0.3, 0.4) is 0 Å². The molecule has 11 aromatic rings. The lowest BCUT2D eigenvalue weighted by molar-refractivity contribution is 0.486. The molecule has 0 saturated heterocycles. The molecule has 73 heavy (non-hydrogen) atoms. The third-order valence-corrected chi connectivity index (χ3v) is 21.0. The molecule has 0 radical (unpaired) electrons. The lowest BCUT2D eigenvalue weighted by atomic mass is 9.34. The first-order chi connectivity index (χ1) is 35.5. The van der Waals surface area contributed by atoms with E-state index in [1.807, 2.05) is 0 Å². The van der Waals surface area contributed by atoms with Crippen LogP contribution in [0.15, 0.2) is 223 Å². The van der Waals surface area contributed by atoms with Gasteiger partial charge >= 0.3 is 0 Å². The van der Waals surface area contributed by atoms with Crippen LogP contribution in [-0.4, -0.2) is 14.8 Å². The highest BCUT2D eigenvalue weighted by atomic mass is 28.3. The third kappa shape index (κ3) is 6.51. The fraction of sp³-hybridized carbons (Fsp3) is 0.118. The molecule has 0 N–H and O–H groups in total. The average Bonchev–Trinajstić information content (AvgIpc) is 3.95. The van der Waals surface area contributed by atoms with Gasteiger partial charge in [0.05, 0.1) is 5.69 Å². The smallest absolute Gasteiger partial charge is 0.256 e. The van der Waals surface area contributed by atoms with Crippen LogP contribution in [0.4, 0.5) is 17.1 Å². The Labute approximate surface area is 429 Å². The minimum atomic E-state index is -2.89. The Morgan fingerprint density at radius 1 is 0.411 bits per heavy atom. The zero-order valence-corrected chi connectivity index (χ0v) is 43.1. The van der Waals surface area contributed by atoms with Crippen LogP contribution < -0.4 is 46.8 Å². The molecule has 3 aliphatic heterocycles. The number of rotatable bonds is 5. The third-order valence-electron chi connectivity index (χ3n) is 16.1. The summed E-state index contributed by atoms with van der Waals surface area (Å²) in [5.41, 5.74) is 18.3. The monoisotopic (exact) mass is 955 g/mol. The van der Waals surface area contributed by atoms with Gasteiger partial charge in [0.2, 0.25) is 0 Å². The van der Waals surface area contributed by atoms with Gasteiger partial charge in [0, 0.05) is 33.3 Å². The van der Waals surface area contributed by atoms with E-state index in [1.165, 1.54) is 76.2 Å². The largest absolute Gasteiger partial charge is 0.458 e. The fourth-order valence-electron chi connectivity index (χ4n) is 12.6. The Kier molecular flexibility index (Phi) is 9.53. The molecule has 3 nitrogen and oxygen atoms in total. The van der Waals surface area contributed by atoms with E-state index in [-0.39, 0.29) is 17.5 Å². The number of para-hydroxylation sites is 2. The zero-order valence-electron chi connectivity index (χ0n) is 42.1. The highest BCUT2D eigenvalue weighted by molar-refractivity contribution is 7.22. The van der Waals surface area contributed by atoms with Gasteiger partial charge in [-0.05, 0) is 124 Å². The van der Waals surface area contributed by atoms with E-state index < -0.39 is 8.07 Å². The molecule has 5 heteroatoms.